The van der Waals surface area contributed by atoms with E-state index in [0.717, 1.165) is 0 Å². The molecule has 1 nitrogen and oxygen atoms in total. The quantitative estimate of drug-likeness (QED) is 0.341. The maximum atomic E-state index is 4.50. The molecule has 0 aromatic heterocycles. The van der Waals surface area contributed by atoms with Crippen LogP contribution in [0, 0.1) is 0 Å². The third-order valence-corrected chi connectivity index (χ3v) is 0. The molecule has 0 aromatic carbocycles. The Bertz CT molecular complexity index is 6.85. The van der Waals surface area contributed by atoms with Gasteiger partial charge in [0.1, 0.15) is 0 Å². The molecule has 0 saturated heterocycles. The van der Waals surface area contributed by atoms with Gasteiger partial charge in [-0.2, -0.15) is 0 Å². The second-order valence-electron chi connectivity index (χ2n) is 0. The molecule has 5 heavy (non-hydrogen) atoms. The zero-order valence-corrected chi connectivity index (χ0v) is 1.58. The zero-order valence-electron chi connectivity index (χ0n) is 1.58. The second kappa shape index (κ2) is 28.2. The molecule has 0 aromatic rings. The molecule has 0 bridgehead atoms. The third kappa shape index (κ3) is 19.5. The summed E-state index contributed by atoms with van der Waals surface area (Å²) in [4.78, 5) is 0. The van der Waals surface area contributed by atoms with Crippen molar-refractivity contribution < 1.29 is 0 Å². The van der Waals surface area contributed by atoms with Gasteiger partial charge in [0, 0.05) is 0 Å². The van der Waals surface area contributed by atoms with Crippen LogP contribution in [0.15, 0.2) is 0 Å². The number of hydrogen-bond donors (Lipinski definition) is 1. The van der Waals surface area contributed by atoms with E-state index < -0.39 is 0 Å². The summed E-state index contributed by atoms with van der Waals surface area (Å²) in [5, 5.41) is 0. The third-order valence-electron chi connectivity index (χ3n) is 0. The van der Waals surface area contributed by atoms with Gasteiger partial charge in [-0.25, -0.2) is 0 Å². The minimum atomic E-state index is 0. The van der Waals surface area contributed by atoms with Gasteiger partial charge in [0.25, 0.3) is 0 Å². The first kappa shape index (κ1) is 24.6. The first-order valence-electron chi connectivity index (χ1n) is 0.577. The molecule has 0 unspecified atom stereocenters. The van der Waals surface area contributed by atoms with Crippen LogP contribution >= 0.6 is 0 Å². The summed E-state index contributed by atoms with van der Waals surface area (Å²) in [6, 6.07) is 0. The van der Waals surface area contributed by atoms with Crippen molar-refractivity contribution in [1.82, 2.24) is 0 Å². The fourth-order valence-electron chi connectivity index (χ4n) is 0. The second-order valence-corrected chi connectivity index (χ2v) is 0. The molecule has 0 amide bonds. The van der Waals surface area contributed by atoms with Crippen molar-refractivity contribution in [1.29, 1.82) is 0 Å². The summed E-state index contributed by atoms with van der Waals surface area (Å²) in [6.45, 7) is 0. The van der Waals surface area contributed by atoms with E-state index in [-0.39, 0.29) is 88.7 Å². The minimum absolute atomic E-state index is 0. The number of rotatable bonds is 0. The van der Waals surface area contributed by atoms with Gasteiger partial charge in [-0.15, -0.1) is 0 Å². The van der Waals surface area contributed by atoms with Crippen LogP contribution in [-0.4, -0.2) is 95.7 Å². The number of nitrogens with two attached hydrogens (primary N) is 1. The Kier molecular flexibility index (Phi) is 139. The van der Waals surface area contributed by atoms with E-state index in [1.807, 2.05) is 0 Å². The summed E-state index contributed by atoms with van der Waals surface area (Å²) in [6.07, 6.45) is 0. The van der Waals surface area contributed by atoms with Gasteiger partial charge in [-0.3, -0.25) is 0 Å². The fraction of sp³-hybridized carbons (Fsp3) is 1.00. The molecular formula is CH8NNa3. The zero-order chi connectivity index (χ0) is 2.00. The van der Waals surface area contributed by atoms with Crippen molar-refractivity contribution in [3.8, 4) is 0 Å². The van der Waals surface area contributed by atoms with E-state index in [9.17, 15) is 0 Å². The van der Waals surface area contributed by atoms with Crippen LogP contribution in [-0.2, 0) is 0 Å². The van der Waals surface area contributed by atoms with Crippen molar-refractivity contribution in [3.05, 3.63) is 0 Å². The van der Waals surface area contributed by atoms with Crippen molar-refractivity contribution in [3.63, 3.8) is 0 Å². The molecule has 0 saturated carbocycles. The molecule has 4 heteroatoms. The molecule has 0 aliphatic heterocycles. The van der Waals surface area contributed by atoms with E-state index in [2.05, 4.69) is 5.73 Å². The topological polar surface area (TPSA) is 26.0 Å². The Hall–Kier alpha value is 2.96. The van der Waals surface area contributed by atoms with Gasteiger partial charge >= 0.3 is 88.7 Å². The summed E-state index contributed by atoms with van der Waals surface area (Å²) < 4.78 is 0. The number of hydrogen-bond acceptors (Lipinski definition) is 1. The first-order chi connectivity index (χ1) is 1.00. The standard InChI is InChI=1S/CH5N.3Na.3H/c1-2;;;;;;/h2H2,1H3;;;;;;. The van der Waals surface area contributed by atoms with Crippen molar-refractivity contribution in [2.45, 2.75) is 0 Å². The van der Waals surface area contributed by atoms with Gasteiger partial charge in [0.15, 0.2) is 0 Å². The molecular weight excluding hydrogens is 95.0 g/mol. The molecule has 0 fully saturated rings. The maximum absolute atomic E-state index is 4.50. The van der Waals surface area contributed by atoms with Crippen LogP contribution in [0.2, 0.25) is 0 Å². The van der Waals surface area contributed by atoms with Crippen molar-refractivity contribution >= 4 is 88.7 Å². The van der Waals surface area contributed by atoms with E-state index in [1.165, 1.54) is 7.05 Å². The molecule has 0 radical (unpaired) electrons. The normalized spacial score (nSPS) is 1.20. The van der Waals surface area contributed by atoms with Crippen LogP contribution in [0.25, 0.3) is 0 Å². The first-order valence-corrected chi connectivity index (χ1v) is 0.577. The Morgan fingerprint density at radius 2 is 0.800 bits per heavy atom. The summed E-state index contributed by atoms with van der Waals surface area (Å²) in [7, 11) is 1.50. The Morgan fingerprint density at radius 1 is 0.800 bits per heavy atom. The average Bonchev–Trinajstić information content (AvgIpc) is 1.00. The van der Waals surface area contributed by atoms with Gasteiger partial charge in [0.2, 0.25) is 0 Å². The van der Waals surface area contributed by atoms with Crippen LogP contribution in [0.4, 0.5) is 0 Å². The van der Waals surface area contributed by atoms with Gasteiger partial charge in [-0.1, -0.05) is 0 Å². The van der Waals surface area contributed by atoms with Crippen LogP contribution in [0.5, 0.6) is 0 Å². The summed E-state index contributed by atoms with van der Waals surface area (Å²) in [5.74, 6) is 0. The average molecular weight is 103 g/mol. The molecule has 0 heterocycles. The fourth-order valence-corrected chi connectivity index (χ4v) is 0. The van der Waals surface area contributed by atoms with Crippen molar-refractivity contribution in [2.75, 3.05) is 7.05 Å². The van der Waals surface area contributed by atoms with E-state index >= 15 is 0 Å². The predicted octanol–water partition coefficient (Wildman–Crippen LogP) is -2.37. The van der Waals surface area contributed by atoms with Crippen LogP contribution in [0.1, 0.15) is 0 Å². The van der Waals surface area contributed by atoms with Gasteiger partial charge in [0.05, 0.1) is 0 Å². The Morgan fingerprint density at radius 3 is 0.800 bits per heavy atom. The Labute approximate surface area is 99.3 Å². The molecule has 20 valence electrons. The summed E-state index contributed by atoms with van der Waals surface area (Å²) in [5.41, 5.74) is 4.50. The SMILES string of the molecule is CN.[NaH].[NaH].[NaH]. The van der Waals surface area contributed by atoms with Crippen LogP contribution in [0.3, 0.4) is 0 Å². The monoisotopic (exact) mass is 103 g/mol. The molecule has 0 aliphatic carbocycles. The molecule has 0 rings (SSSR count). The van der Waals surface area contributed by atoms with E-state index in [4.69, 9.17) is 0 Å². The van der Waals surface area contributed by atoms with Gasteiger partial charge < -0.3 is 5.73 Å². The molecule has 0 aliphatic rings. The Balaban J connectivity index is -0.00000000167. The molecule has 2 N–H and O–H groups in total. The van der Waals surface area contributed by atoms with Crippen molar-refractivity contribution in [2.24, 2.45) is 5.73 Å². The summed E-state index contributed by atoms with van der Waals surface area (Å²) >= 11 is 0. The molecule has 0 atom stereocenters. The van der Waals surface area contributed by atoms with Crippen LogP contribution < -0.4 is 5.73 Å². The van der Waals surface area contributed by atoms with E-state index in [0.29, 0.717) is 0 Å². The predicted molar refractivity (Wildman–Crippen MR) is 31.6 cm³/mol. The molecule has 0 spiro atoms. The van der Waals surface area contributed by atoms with E-state index in [1.54, 1.807) is 0 Å². The van der Waals surface area contributed by atoms with Gasteiger partial charge in [-0.05, 0) is 7.05 Å².